The summed E-state index contributed by atoms with van der Waals surface area (Å²) in [5.41, 5.74) is 6.92. The molecule has 14 heavy (non-hydrogen) atoms. The molecule has 0 aliphatic carbocycles. The van der Waals surface area contributed by atoms with E-state index in [1.807, 2.05) is 37.3 Å². The summed E-state index contributed by atoms with van der Waals surface area (Å²) in [7, 11) is 0. The van der Waals surface area contributed by atoms with E-state index in [1.54, 1.807) is 6.07 Å². The number of fused-ring (bicyclic) bond motifs is 1. The Morgan fingerprint density at radius 3 is 2.36 bits per heavy atom. The molecule has 0 amide bonds. The highest BCUT2D eigenvalue weighted by atomic mass is 16.3. The average molecular weight is 187 g/mol. The van der Waals surface area contributed by atoms with Crippen LogP contribution < -0.4 is 5.73 Å². The molecule has 2 rings (SSSR count). The van der Waals surface area contributed by atoms with Crippen LogP contribution in [0.3, 0.4) is 0 Å². The van der Waals surface area contributed by atoms with E-state index >= 15 is 0 Å². The van der Waals surface area contributed by atoms with Crippen LogP contribution in [0, 0.1) is 0 Å². The Morgan fingerprint density at radius 2 is 1.71 bits per heavy atom. The van der Waals surface area contributed by atoms with Gasteiger partial charge in [-0.1, -0.05) is 30.3 Å². The van der Waals surface area contributed by atoms with E-state index in [1.165, 1.54) is 0 Å². The van der Waals surface area contributed by atoms with Crippen molar-refractivity contribution in [3.05, 3.63) is 42.0 Å². The molecule has 2 nitrogen and oxygen atoms in total. The van der Waals surface area contributed by atoms with Crippen molar-refractivity contribution in [2.45, 2.75) is 13.0 Å². The molecule has 0 fully saturated rings. The fraction of sp³-hybridized carbons (Fsp3) is 0.167. The fourth-order valence-electron chi connectivity index (χ4n) is 1.70. The molecular weight excluding hydrogens is 174 g/mol. The first-order chi connectivity index (χ1) is 6.70. The van der Waals surface area contributed by atoms with Crippen molar-refractivity contribution in [3.63, 3.8) is 0 Å². The first-order valence-corrected chi connectivity index (χ1v) is 4.66. The highest BCUT2D eigenvalue weighted by molar-refractivity contribution is 5.91. The van der Waals surface area contributed by atoms with Crippen molar-refractivity contribution in [3.8, 4) is 5.75 Å². The SMILES string of the molecule is C[C@H](N)c1ccc(O)c2ccccc12. The maximum absolute atomic E-state index is 9.64. The molecule has 0 heterocycles. The number of nitrogens with two attached hydrogens (primary N) is 1. The predicted octanol–water partition coefficient (Wildman–Crippen LogP) is 2.57. The molecule has 0 bridgehead atoms. The lowest BCUT2D eigenvalue weighted by Gasteiger charge is -2.10. The lowest BCUT2D eigenvalue weighted by molar-refractivity contribution is 0.481. The van der Waals surface area contributed by atoms with Gasteiger partial charge in [0.1, 0.15) is 5.75 Å². The number of phenolic OH excluding ortho intramolecular Hbond substituents is 1. The zero-order chi connectivity index (χ0) is 10.1. The standard InChI is InChI=1S/C12H13NO/c1-8(13)9-6-7-12(14)11-5-3-2-4-10(9)11/h2-8,14H,13H2,1H3/t8-/m0/s1. The van der Waals surface area contributed by atoms with Gasteiger partial charge in [0, 0.05) is 11.4 Å². The smallest absolute Gasteiger partial charge is 0.123 e. The zero-order valence-electron chi connectivity index (χ0n) is 8.07. The molecule has 0 spiro atoms. The number of rotatable bonds is 1. The number of hydrogen-bond acceptors (Lipinski definition) is 2. The molecule has 0 radical (unpaired) electrons. The Morgan fingerprint density at radius 1 is 1.07 bits per heavy atom. The van der Waals surface area contributed by atoms with Crippen LogP contribution in [0.15, 0.2) is 36.4 Å². The quantitative estimate of drug-likeness (QED) is 0.720. The summed E-state index contributed by atoms with van der Waals surface area (Å²) >= 11 is 0. The van der Waals surface area contributed by atoms with Gasteiger partial charge >= 0.3 is 0 Å². The van der Waals surface area contributed by atoms with Crippen molar-refractivity contribution in [1.82, 2.24) is 0 Å². The minimum atomic E-state index is -0.0134. The van der Waals surface area contributed by atoms with Crippen molar-refractivity contribution in [1.29, 1.82) is 0 Å². The van der Waals surface area contributed by atoms with Gasteiger partial charge in [-0.2, -0.15) is 0 Å². The Balaban J connectivity index is 2.82. The largest absolute Gasteiger partial charge is 0.507 e. The summed E-state index contributed by atoms with van der Waals surface area (Å²) in [5.74, 6) is 0.310. The predicted molar refractivity (Wildman–Crippen MR) is 58.2 cm³/mol. The van der Waals surface area contributed by atoms with Crippen molar-refractivity contribution in [2.24, 2.45) is 5.73 Å². The van der Waals surface area contributed by atoms with Crippen LogP contribution in [-0.4, -0.2) is 5.11 Å². The average Bonchev–Trinajstić information content (AvgIpc) is 2.18. The molecule has 0 aromatic heterocycles. The summed E-state index contributed by atoms with van der Waals surface area (Å²) in [5, 5.41) is 11.5. The van der Waals surface area contributed by atoms with Gasteiger partial charge in [-0.15, -0.1) is 0 Å². The van der Waals surface area contributed by atoms with Gasteiger partial charge < -0.3 is 10.8 Å². The maximum atomic E-state index is 9.64. The van der Waals surface area contributed by atoms with Crippen LogP contribution in [0.1, 0.15) is 18.5 Å². The van der Waals surface area contributed by atoms with Gasteiger partial charge in [-0.25, -0.2) is 0 Å². The normalized spacial score (nSPS) is 13.0. The fourth-order valence-corrected chi connectivity index (χ4v) is 1.70. The van der Waals surface area contributed by atoms with Gasteiger partial charge in [0.05, 0.1) is 0 Å². The summed E-state index contributed by atoms with van der Waals surface area (Å²) in [6, 6.07) is 11.3. The monoisotopic (exact) mass is 187 g/mol. The van der Waals surface area contributed by atoms with Crippen molar-refractivity contribution >= 4 is 10.8 Å². The van der Waals surface area contributed by atoms with Crippen molar-refractivity contribution in [2.75, 3.05) is 0 Å². The third kappa shape index (κ3) is 1.34. The molecule has 0 aliphatic rings. The molecular formula is C12H13NO. The lowest BCUT2D eigenvalue weighted by atomic mass is 9.99. The molecule has 3 N–H and O–H groups in total. The van der Waals surface area contributed by atoms with Gasteiger partial charge in [0.25, 0.3) is 0 Å². The second-order valence-corrected chi connectivity index (χ2v) is 3.51. The molecule has 0 unspecified atom stereocenters. The molecule has 1 atom stereocenters. The summed E-state index contributed by atoms with van der Waals surface area (Å²) in [6.45, 7) is 1.94. The van der Waals surface area contributed by atoms with Crippen LogP contribution in [-0.2, 0) is 0 Å². The van der Waals surface area contributed by atoms with E-state index in [-0.39, 0.29) is 6.04 Å². The minimum Gasteiger partial charge on any atom is -0.507 e. The van der Waals surface area contributed by atoms with E-state index in [0.29, 0.717) is 5.75 Å². The Labute approximate surface area is 83.0 Å². The Bertz CT molecular complexity index is 463. The van der Waals surface area contributed by atoms with E-state index < -0.39 is 0 Å². The topological polar surface area (TPSA) is 46.2 Å². The van der Waals surface area contributed by atoms with Crippen LogP contribution >= 0.6 is 0 Å². The summed E-state index contributed by atoms with van der Waals surface area (Å²) in [6.07, 6.45) is 0. The number of hydrogen-bond donors (Lipinski definition) is 2. The Hall–Kier alpha value is -1.54. The number of phenols is 1. The van der Waals surface area contributed by atoms with Crippen LogP contribution in [0.25, 0.3) is 10.8 Å². The molecule has 0 saturated heterocycles. The number of benzene rings is 2. The Kier molecular flexibility index (Phi) is 2.14. The summed E-state index contributed by atoms with van der Waals surface area (Å²) < 4.78 is 0. The first kappa shape index (κ1) is 9.03. The second kappa shape index (κ2) is 3.31. The van der Waals surface area contributed by atoms with Crippen LogP contribution in [0.2, 0.25) is 0 Å². The molecule has 72 valence electrons. The van der Waals surface area contributed by atoms with Gasteiger partial charge in [-0.3, -0.25) is 0 Å². The van der Waals surface area contributed by atoms with Gasteiger partial charge in [0.15, 0.2) is 0 Å². The van der Waals surface area contributed by atoms with E-state index in [4.69, 9.17) is 5.73 Å². The first-order valence-electron chi connectivity index (χ1n) is 4.66. The summed E-state index contributed by atoms with van der Waals surface area (Å²) in [4.78, 5) is 0. The van der Waals surface area contributed by atoms with Gasteiger partial charge in [0.2, 0.25) is 0 Å². The maximum Gasteiger partial charge on any atom is 0.123 e. The van der Waals surface area contributed by atoms with Crippen molar-refractivity contribution < 1.29 is 5.11 Å². The third-order valence-corrected chi connectivity index (χ3v) is 2.43. The molecule has 2 aromatic rings. The molecule has 2 heteroatoms. The third-order valence-electron chi connectivity index (χ3n) is 2.43. The molecule has 0 saturated carbocycles. The number of aromatic hydroxyl groups is 1. The highest BCUT2D eigenvalue weighted by Crippen LogP contribution is 2.29. The second-order valence-electron chi connectivity index (χ2n) is 3.51. The highest BCUT2D eigenvalue weighted by Gasteiger charge is 2.06. The van der Waals surface area contributed by atoms with Crippen LogP contribution in [0.5, 0.6) is 5.75 Å². The lowest BCUT2D eigenvalue weighted by Crippen LogP contribution is -2.05. The van der Waals surface area contributed by atoms with E-state index in [0.717, 1.165) is 16.3 Å². The van der Waals surface area contributed by atoms with E-state index in [9.17, 15) is 5.11 Å². The minimum absolute atomic E-state index is 0.0134. The van der Waals surface area contributed by atoms with E-state index in [2.05, 4.69) is 0 Å². The molecule has 2 aromatic carbocycles. The molecule has 0 aliphatic heterocycles. The zero-order valence-corrected chi connectivity index (χ0v) is 8.07. The van der Waals surface area contributed by atoms with Gasteiger partial charge in [-0.05, 0) is 23.9 Å². The van der Waals surface area contributed by atoms with Crippen LogP contribution in [0.4, 0.5) is 0 Å².